The van der Waals surface area contributed by atoms with E-state index >= 15 is 0 Å². The zero-order chi connectivity index (χ0) is 16.7. The van der Waals surface area contributed by atoms with Gasteiger partial charge >= 0.3 is 0 Å². The number of rotatable bonds is 7. The molecule has 0 bridgehead atoms. The molecule has 1 aromatic carbocycles. The molecular formula is C17H22BrNO3S. The van der Waals surface area contributed by atoms with Gasteiger partial charge in [0.05, 0.1) is 5.75 Å². The Hall–Kier alpha value is -1.14. The van der Waals surface area contributed by atoms with E-state index in [0.29, 0.717) is 12.1 Å². The molecule has 0 aromatic heterocycles. The van der Waals surface area contributed by atoms with E-state index in [4.69, 9.17) is 0 Å². The molecule has 4 nitrogen and oxygen atoms in total. The molecule has 0 fully saturated rings. The van der Waals surface area contributed by atoms with Crippen LogP contribution in [-0.4, -0.2) is 26.6 Å². The molecule has 0 radical (unpaired) electrons. The van der Waals surface area contributed by atoms with Crippen LogP contribution >= 0.6 is 15.9 Å². The first kappa shape index (κ1) is 18.2. The summed E-state index contributed by atoms with van der Waals surface area (Å²) in [6, 6.07) is 7.12. The summed E-state index contributed by atoms with van der Waals surface area (Å²) in [5.41, 5.74) is 2.05. The fourth-order valence-corrected chi connectivity index (χ4v) is 4.41. The molecule has 1 aliphatic carbocycles. The molecule has 1 aromatic rings. The number of halogens is 1. The Bertz CT molecular complexity index is 683. The number of hydrogen-bond donors (Lipinski definition) is 1. The smallest absolute Gasteiger partial charge is 0.235 e. The Morgan fingerprint density at radius 2 is 2.09 bits per heavy atom. The first-order valence-electron chi connectivity index (χ1n) is 7.84. The van der Waals surface area contributed by atoms with Gasteiger partial charge in [0.2, 0.25) is 5.91 Å². The lowest BCUT2D eigenvalue weighted by Crippen LogP contribution is -2.31. The Kier molecular flexibility index (Phi) is 6.84. The molecule has 6 heteroatoms. The number of nitrogens with one attached hydrogen (secondary N) is 1. The summed E-state index contributed by atoms with van der Waals surface area (Å²) >= 11 is 3.31. The van der Waals surface area contributed by atoms with Crippen LogP contribution < -0.4 is 5.32 Å². The van der Waals surface area contributed by atoms with Crippen molar-refractivity contribution in [1.82, 2.24) is 5.32 Å². The normalized spacial score (nSPS) is 15.1. The molecule has 1 aliphatic rings. The molecule has 1 N–H and O–H groups in total. The molecular weight excluding hydrogens is 378 g/mol. The number of benzene rings is 1. The molecule has 0 saturated carbocycles. The largest absolute Gasteiger partial charge is 0.355 e. The summed E-state index contributed by atoms with van der Waals surface area (Å²) in [7, 11) is -3.45. The SMILES string of the molecule is O=C(CS(=O)(=O)Cc1cccc(Br)c1)NCCC1=CCCCC1. The molecule has 0 spiro atoms. The lowest BCUT2D eigenvalue weighted by atomic mass is 9.97. The Morgan fingerprint density at radius 3 is 2.78 bits per heavy atom. The maximum absolute atomic E-state index is 12.1. The van der Waals surface area contributed by atoms with Crippen LogP contribution in [0.15, 0.2) is 40.4 Å². The number of hydrogen-bond acceptors (Lipinski definition) is 3. The Morgan fingerprint density at radius 1 is 1.26 bits per heavy atom. The van der Waals surface area contributed by atoms with Gasteiger partial charge in [0.1, 0.15) is 5.75 Å². The van der Waals surface area contributed by atoms with Gasteiger partial charge in [-0.05, 0) is 49.8 Å². The van der Waals surface area contributed by atoms with Crippen LogP contribution in [0.25, 0.3) is 0 Å². The zero-order valence-corrected chi connectivity index (χ0v) is 15.5. The fraction of sp³-hybridized carbons (Fsp3) is 0.471. The van der Waals surface area contributed by atoms with Crippen LogP contribution in [0.5, 0.6) is 0 Å². The summed E-state index contributed by atoms with van der Waals surface area (Å²) in [6.07, 6.45) is 7.71. The summed E-state index contributed by atoms with van der Waals surface area (Å²) in [5.74, 6) is -1.000. The molecule has 0 aliphatic heterocycles. The highest BCUT2D eigenvalue weighted by molar-refractivity contribution is 9.10. The lowest BCUT2D eigenvalue weighted by Gasteiger charge is -2.13. The molecule has 126 valence electrons. The highest BCUT2D eigenvalue weighted by atomic mass is 79.9. The molecule has 23 heavy (non-hydrogen) atoms. The van der Waals surface area contributed by atoms with Crippen molar-refractivity contribution < 1.29 is 13.2 Å². The Balaban J connectivity index is 1.78. The van der Waals surface area contributed by atoms with Crippen LogP contribution in [0.3, 0.4) is 0 Å². The molecule has 0 atom stereocenters. The van der Waals surface area contributed by atoms with Gasteiger partial charge in [-0.1, -0.05) is 39.7 Å². The first-order chi connectivity index (χ1) is 10.9. The van der Waals surface area contributed by atoms with Crippen molar-refractivity contribution in [3.05, 3.63) is 46.0 Å². The fourth-order valence-electron chi connectivity index (χ4n) is 2.68. The standard InChI is InChI=1S/C17H22BrNO3S/c18-16-8-4-7-15(11-16)12-23(21,22)13-17(20)19-10-9-14-5-2-1-3-6-14/h4-5,7-8,11H,1-3,6,9-10,12-13H2,(H,19,20). The van der Waals surface area contributed by atoms with Crippen molar-refractivity contribution in [2.45, 2.75) is 37.9 Å². The molecule has 0 saturated heterocycles. The van der Waals surface area contributed by atoms with E-state index in [1.807, 2.05) is 6.07 Å². The number of carbonyl (C=O) groups is 1. The second-order valence-corrected chi connectivity index (χ2v) is 8.85. The van der Waals surface area contributed by atoms with Gasteiger partial charge < -0.3 is 5.32 Å². The summed E-state index contributed by atoms with van der Waals surface area (Å²) < 4.78 is 25.0. The summed E-state index contributed by atoms with van der Waals surface area (Å²) in [4.78, 5) is 11.8. The van der Waals surface area contributed by atoms with E-state index in [9.17, 15) is 13.2 Å². The third-order valence-electron chi connectivity index (χ3n) is 3.78. The van der Waals surface area contributed by atoms with Crippen molar-refractivity contribution in [3.63, 3.8) is 0 Å². The van der Waals surface area contributed by atoms with E-state index in [-0.39, 0.29) is 5.75 Å². The number of sulfone groups is 1. The predicted molar refractivity (Wildman–Crippen MR) is 95.8 cm³/mol. The highest BCUT2D eigenvalue weighted by Gasteiger charge is 2.17. The summed E-state index contributed by atoms with van der Waals surface area (Å²) in [5, 5.41) is 2.72. The van der Waals surface area contributed by atoms with Crippen LogP contribution in [0, 0.1) is 0 Å². The maximum Gasteiger partial charge on any atom is 0.235 e. The van der Waals surface area contributed by atoms with E-state index < -0.39 is 21.5 Å². The topological polar surface area (TPSA) is 63.2 Å². The quantitative estimate of drug-likeness (QED) is 0.714. The minimum absolute atomic E-state index is 0.120. The van der Waals surface area contributed by atoms with E-state index in [2.05, 4.69) is 27.3 Å². The molecule has 0 unspecified atom stereocenters. The van der Waals surface area contributed by atoms with Crippen molar-refractivity contribution >= 4 is 31.7 Å². The lowest BCUT2D eigenvalue weighted by molar-refractivity contribution is -0.118. The van der Waals surface area contributed by atoms with Crippen molar-refractivity contribution in [1.29, 1.82) is 0 Å². The minimum Gasteiger partial charge on any atom is -0.355 e. The van der Waals surface area contributed by atoms with Crippen molar-refractivity contribution in [2.75, 3.05) is 12.3 Å². The van der Waals surface area contributed by atoms with Crippen LogP contribution in [-0.2, 0) is 20.4 Å². The van der Waals surface area contributed by atoms with Gasteiger partial charge in [0.25, 0.3) is 0 Å². The molecule has 0 heterocycles. The second kappa shape index (κ2) is 8.64. The first-order valence-corrected chi connectivity index (χ1v) is 10.5. The number of allylic oxidation sites excluding steroid dienone is 1. The van der Waals surface area contributed by atoms with Gasteiger partial charge in [-0.2, -0.15) is 0 Å². The Labute approximate surface area is 146 Å². The summed E-state index contributed by atoms with van der Waals surface area (Å²) in [6.45, 7) is 0.511. The highest BCUT2D eigenvalue weighted by Crippen LogP contribution is 2.19. The second-order valence-electron chi connectivity index (χ2n) is 5.87. The third-order valence-corrected chi connectivity index (χ3v) is 5.75. The van der Waals surface area contributed by atoms with Gasteiger partial charge in [-0.25, -0.2) is 8.42 Å². The van der Waals surface area contributed by atoms with Gasteiger partial charge in [-0.3, -0.25) is 4.79 Å². The van der Waals surface area contributed by atoms with Crippen LogP contribution in [0.1, 0.15) is 37.7 Å². The van der Waals surface area contributed by atoms with Gasteiger partial charge in [0.15, 0.2) is 9.84 Å². The van der Waals surface area contributed by atoms with Gasteiger partial charge in [0, 0.05) is 11.0 Å². The van der Waals surface area contributed by atoms with E-state index in [1.54, 1.807) is 18.2 Å². The average Bonchev–Trinajstić information content (AvgIpc) is 2.47. The zero-order valence-electron chi connectivity index (χ0n) is 13.1. The minimum atomic E-state index is -3.45. The molecule has 2 rings (SSSR count). The van der Waals surface area contributed by atoms with E-state index in [1.165, 1.54) is 18.4 Å². The molecule has 1 amide bonds. The number of amides is 1. The van der Waals surface area contributed by atoms with Crippen molar-refractivity contribution in [3.8, 4) is 0 Å². The number of carbonyl (C=O) groups excluding carboxylic acids is 1. The predicted octanol–water partition coefficient (Wildman–Crippen LogP) is 3.37. The van der Waals surface area contributed by atoms with E-state index in [0.717, 1.165) is 23.7 Å². The third kappa shape index (κ3) is 6.87. The maximum atomic E-state index is 12.1. The monoisotopic (exact) mass is 399 g/mol. The average molecular weight is 400 g/mol. The van der Waals surface area contributed by atoms with Gasteiger partial charge in [-0.15, -0.1) is 0 Å². The van der Waals surface area contributed by atoms with Crippen LogP contribution in [0.2, 0.25) is 0 Å². The van der Waals surface area contributed by atoms with Crippen molar-refractivity contribution in [2.24, 2.45) is 0 Å². The van der Waals surface area contributed by atoms with Crippen LogP contribution in [0.4, 0.5) is 0 Å².